The van der Waals surface area contributed by atoms with E-state index < -0.39 is 0 Å². The van der Waals surface area contributed by atoms with Crippen LogP contribution in [0.5, 0.6) is 0 Å². The topological polar surface area (TPSA) is 53.1 Å². The van der Waals surface area contributed by atoms with Gasteiger partial charge in [0.1, 0.15) is 5.84 Å². The van der Waals surface area contributed by atoms with Gasteiger partial charge in [0.05, 0.1) is 6.04 Å². The maximum atomic E-state index is 7.25. The van der Waals surface area contributed by atoms with E-state index in [1.807, 2.05) is 14.0 Å². The van der Waals surface area contributed by atoms with Crippen molar-refractivity contribution in [3.63, 3.8) is 0 Å². The van der Waals surface area contributed by atoms with Crippen LogP contribution in [0.25, 0.3) is 0 Å². The van der Waals surface area contributed by atoms with E-state index in [1.165, 1.54) is 19.3 Å². The molecule has 3 nitrogen and oxygen atoms in total. The Hall–Kier alpha value is -0.570. The number of likely N-dealkylation sites (N-methyl/N-ethyl adjacent to an activating group) is 1. The molecule has 0 heterocycles. The van der Waals surface area contributed by atoms with Crippen LogP contribution in [0.4, 0.5) is 0 Å². The molecule has 0 amide bonds. The Morgan fingerprint density at radius 2 is 2.08 bits per heavy atom. The minimum absolute atomic E-state index is 0.0851. The standard InChI is InChI=1S/C9H21N3/c1-4-5-6-7-12(3)8(2)9(10)11/h8H,4-7H2,1-3H3,(H3,10,11). The number of hydrogen-bond acceptors (Lipinski definition) is 2. The third-order valence-corrected chi connectivity index (χ3v) is 2.23. The lowest BCUT2D eigenvalue weighted by molar-refractivity contribution is 0.301. The fourth-order valence-electron chi connectivity index (χ4n) is 1.04. The molecule has 72 valence electrons. The summed E-state index contributed by atoms with van der Waals surface area (Å²) in [4.78, 5) is 2.12. The Morgan fingerprint density at radius 1 is 1.50 bits per heavy atom. The molecule has 0 aliphatic carbocycles. The third-order valence-electron chi connectivity index (χ3n) is 2.23. The van der Waals surface area contributed by atoms with Crippen LogP contribution >= 0.6 is 0 Å². The summed E-state index contributed by atoms with van der Waals surface area (Å²) in [6.07, 6.45) is 3.70. The van der Waals surface area contributed by atoms with Crippen molar-refractivity contribution in [3.8, 4) is 0 Å². The highest BCUT2D eigenvalue weighted by molar-refractivity contribution is 5.82. The largest absolute Gasteiger partial charge is 0.386 e. The molecule has 1 atom stereocenters. The van der Waals surface area contributed by atoms with Gasteiger partial charge in [-0.15, -0.1) is 0 Å². The van der Waals surface area contributed by atoms with E-state index in [1.54, 1.807) is 0 Å². The molecule has 0 radical (unpaired) electrons. The summed E-state index contributed by atoms with van der Waals surface area (Å²) in [5, 5.41) is 7.25. The zero-order chi connectivity index (χ0) is 9.56. The van der Waals surface area contributed by atoms with E-state index in [2.05, 4.69) is 11.8 Å². The lowest BCUT2D eigenvalue weighted by Crippen LogP contribution is -2.40. The van der Waals surface area contributed by atoms with Crippen molar-refractivity contribution >= 4 is 5.84 Å². The van der Waals surface area contributed by atoms with Crippen molar-refractivity contribution in [2.75, 3.05) is 13.6 Å². The van der Waals surface area contributed by atoms with Gasteiger partial charge in [-0.05, 0) is 26.9 Å². The van der Waals surface area contributed by atoms with Crippen molar-refractivity contribution in [1.82, 2.24) is 4.90 Å². The van der Waals surface area contributed by atoms with Gasteiger partial charge < -0.3 is 5.73 Å². The van der Waals surface area contributed by atoms with Crippen LogP contribution < -0.4 is 5.73 Å². The summed E-state index contributed by atoms with van der Waals surface area (Å²) in [5.41, 5.74) is 5.38. The SMILES string of the molecule is CCCCCN(C)C(C)C(=N)N. The Bertz CT molecular complexity index is 134. The predicted molar refractivity (Wildman–Crippen MR) is 53.5 cm³/mol. The first kappa shape index (κ1) is 11.4. The molecule has 1 unspecified atom stereocenters. The van der Waals surface area contributed by atoms with E-state index in [4.69, 9.17) is 11.1 Å². The van der Waals surface area contributed by atoms with Crippen LogP contribution in [-0.4, -0.2) is 30.4 Å². The average Bonchev–Trinajstić information content (AvgIpc) is 2.03. The number of nitrogens with zero attached hydrogens (tertiary/aromatic N) is 1. The van der Waals surface area contributed by atoms with Crippen LogP contribution in [0.3, 0.4) is 0 Å². The molecular weight excluding hydrogens is 150 g/mol. The van der Waals surface area contributed by atoms with Crippen LogP contribution in [0, 0.1) is 5.41 Å². The normalized spacial score (nSPS) is 13.3. The summed E-state index contributed by atoms with van der Waals surface area (Å²) in [5.74, 6) is 0.258. The molecule has 0 saturated heterocycles. The fraction of sp³-hybridized carbons (Fsp3) is 0.889. The maximum absolute atomic E-state index is 7.25. The highest BCUT2D eigenvalue weighted by Gasteiger charge is 2.10. The van der Waals surface area contributed by atoms with Crippen molar-refractivity contribution in [3.05, 3.63) is 0 Å². The molecule has 3 heteroatoms. The van der Waals surface area contributed by atoms with Gasteiger partial charge in [-0.2, -0.15) is 0 Å². The Morgan fingerprint density at radius 3 is 2.50 bits per heavy atom. The molecule has 0 aromatic heterocycles. The zero-order valence-electron chi connectivity index (χ0n) is 8.43. The van der Waals surface area contributed by atoms with Crippen LogP contribution in [0.15, 0.2) is 0 Å². The van der Waals surface area contributed by atoms with Crippen molar-refractivity contribution in [2.45, 2.75) is 39.2 Å². The highest BCUT2D eigenvalue weighted by atomic mass is 15.1. The zero-order valence-corrected chi connectivity index (χ0v) is 8.43. The van der Waals surface area contributed by atoms with Gasteiger partial charge in [0.2, 0.25) is 0 Å². The van der Waals surface area contributed by atoms with E-state index >= 15 is 0 Å². The van der Waals surface area contributed by atoms with E-state index in [0.717, 1.165) is 6.54 Å². The molecule has 0 aromatic carbocycles. The molecular formula is C9H21N3. The number of nitrogens with two attached hydrogens (primary N) is 1. The van der Waals surface area contributed by atoms with Gasteiger partial charge in [-0.1, -0.05) is 19.8 Å². The predicted octanol–water partition coefficient (Wildman–Crippen LogP) is 1.43. The van der Waals surface area contributed by atoms with Gasteiger partial charge in [0.15, 0.2) is 0 Å². The molecule has 0 rings (SSSR count). The van der Waals surface area contributed by atoms with Crippen molar-refractivity contribution < 1.29 is 0 Å². The second-order valence-corrected chi connectivity index (χ2v) is 3.32. The molecule has 0 aliphatic heterocycles. The number of unbranched alkanes of at least 4 members (excludes halogenated alkanes) is 2. The van der Waals surface area contributed by atoms with E-state index in [0.29, 0.717) is 0 Å². The molecule has 0 fully saturated rings. The first-order chi connectivity index (χ1) is 5.59. The van der Waals surface area contributed by atoms with E-state index in [9.17, 15) is 0 Å². The highest BCUT2D eigenvalue weighted by Crippen LogP contribution is 2.00. The third kappa shape index (κ3) is 4.34. The van der Waals surface area contributed by atoms with Crippen LogP contribution in [0.2, 0.25) is 0 Å². The van der Waals surface area contributed by atoms with Gasteiger partial charge in [-0.3, -0.25) is 10.3 Å². The van der Waals surface area contributed by atoms with Gasteiger partial charge in [0.25, 0.3) is 0 Å². The minimum Gasteiger partial charge on any atom is -0.386 e. The first-order valence-electron chi connectivity index (χ1n) is 4.63. The molecule has 0 bridgehead atoms. The summed E-state index contributed by atoms with van der Waals surface area (Å²) < 4.78 is 0. The van der Waals surface area contributed by atoms with E-state index in [-0.39, 0.29) is 11.9 Å². The van der Waals surface area contributed by atoms with Crippen LogP contribution in [0.1, 0.15) is 33.1 Å². The molecule has 0 spiro atoms. The molecule has 0 aromatic rings. The Labute approximate surface area is 75.4 Å². The Balaban J connectivity index is 3.56. The van der Waals surface area contributed by atoms with Crippen molar-refractivity contribution in [2.24, 2.45) is 5.73 Å². The quantitative estimate of drug-likeness (QED) is 0.361. The molecule has 0 saturated carbocycles. The summed E-state index contributed by atoms with van der Waals surface area (Å²) in [7, 11) is 2.02. The second kappa shape index (κ2) is 6.00. The van der Waals surface area contributed by atoms with Crippen LogP contribution in [-0.2, 0) is 0 Å². The van der Waals surface area contributed by atoms with Gasteiger partial charge in [0, 0.05) is 0 Å². The molecule has 3 N–H and O–H groups in total. The minimum atomic E-state index is 0.0851. The molecule has 12 heavy (non-hydrogen) atoms. The fourth-order valence-corrected chi connectivity index (χ4v) is 1.04. The lowest BCUT2D eigenvalue weighted by atomic mass is 10.2. The van der Waals surface area contributed by atoms with Crippen molar-refractivity contribution in [1.29, 1.82) is 5.41 Å². The van der Waals surface area contributed by atoms with Gasteiger partial charge >= 0.3 is 0 Å². The number of hydrogen-bond donors (Lipinski definition) is 2. The number of amidine groups is 1. The summed E-state index contributed by atoms with van der Waals surface area (Å²) >= 11 is 0. The number of nitrogens with one attached hydrogen (secondary N) is 1. The first-order valence-corrected chi connectivity index (χ1v) is 4.63. The monoisotopic (exact) mass is 171 g/mol. The summed E-state index contributed by atoms with van der Waals surface area (Å²) in [6.45, 7) is 5.19. The maximum Gasteiger partial charge on any atom is 0.108 e. The molecule has 0 aliphatic rings. The Kier molecular flexibility index (Phi) is 5.72. The number of rotatable bonds is 6. The summed E-state index contributed by atoms with van der Waals surface area (Å²) in [6, 6.07) is 0.0851. The van der Waals surface area contributed by atoms with Gasteiger partial charge in [-0.25, -0.2) is 0 Å². The smallest absolute Gasteiger partial charge is 0.108 e. The second-order valence-electron chi connectivity index (χ2n) is 3.32. The average molecular weight is 171 g/mol. The lowest BCUT2D eigenvalue weighted by Gasteiger charge is -2.23.